The molecule has 0 radical (unpaired) electrons. The van der Waals surface area contributed by atoms with Crippen LogP contribution in [0.3, 0.4) is 0 Å². The lowest BCUT2D eigenvalue weighted by molar-refractivity contribution is -0.116. The summed E-state index contributed by atoms with van der Waals surface area (Å²) in [6, 6.07) is 10.4. The number of hydrogen-bond acceptors (Lipinski definition) is 4. The quantitative estimate of drug-likeness (QED) is 0.707. The largest absolute Gasteiger partial charge is 0.493 e. The number of ether oxygens (including phenoxy) is 1. The highest BCUT2D eigenvalue weighted by Gasteiger charge is 2.29. The van der Waals surface area contributed by atoms with Crippen molar-refractivity contribution in [1.82, 2.24) is 4.31 Å². The number of benzene rings is 2. The summed E-state index contributed by atoms with van der Waals surface area (Å²) in [7, 11) is -3.66. The highest BCUT2D eigenvalue weighted by atomic mass is 35.5. The van der Waals surface area contributed by atoms with Gasteiger partial charge in [-0.15, -0.1) is 0 Å². The fraction of sp³-hybridized carbons (Fsp3) is 0.381. The van der Waals surface area contributed by atoms with Crippen LogP contribution in [0.2, 0.25) is 5.02 Å². The van der Waals surface area contributed by atoms with Gasteiger partial charge in [0.25, 0.3) is 0 Å². The first-order valence-electron chi connectivity index (χ1n) is 9.56. The fourth-order valence-electron chi connectivity index (χ4n) is 3.35. The van der Waals surface area contributed by atoms with Gasteiger partial charge in [0, 0.05) is 18.8 Å². The minimum Gasteiger partial charge on any atom is -0.493 e. The Morgan fingerprint density at radius 3 is 2.41 bits per heavy atom. The highest BCUT2D eigenvalue weighted by Crippen LogP contribution is 2.29. The van der Waals surface area contributed by atoms with Crippen LogP contribution in [0, 0.1) is 13.8 Å². The molecule has 2 aromatic carbocycles. The van der Waals surface area contributed by atoms with Crippen molar-refractivity contribution in [3.8, 4) is 5.75 Å². The Hall–Kier alpha value is -2.09. The molecule has 0 bridgehead atoms. The number of nitrogens with one attached hydrogen (secondary N) is 1. The normalized spacial score (nSPS) is 14.7. The van der Waals surface area contributed by atoms with Gasteiger partial charge >= 0.3 is 0 Å². The van der Waals surface area contributed by atoms with Gasteiger partial charge in [0.2, 0.25) is 15.9 Å². The maximum absolute atomic E-state index is 12.8. The van der Waals surface area contributed by atoms with Crippen LogP contribution in [0.5, 0.6) is 5.75 Å². The minimum atomic E-state index is -3.66. The molecule has 2 aromatic rings. The molecule has 0 saturated carbocycles. The summed E-state index contributed by atoms with van der Waals surface area (Å²) in [4.78, 5) is 12.3. The summed E-state index contributed by atoms with van der Waals surface area (Å²) < 4.78 is 32.7. The molecular formula is C21H25ClN2O4S. The maximum Gasteiger partial charge on any atom is 0.244 e. The van der Waals surface area contributed by atoms with E-state index in [-0.39, 0.29) is 28.9 Å². The third-order valence-electron chi connectivity index (χ3n) is 4.69. The first-order valence-corrected chi connectivity index (χ1v) is 11.4. The standard InChI is InChI=1S/C21H25ClN2O4S/c1-15-11-16(2)13-18(12-15)28-10-7-21(25)23-17-5-6-19(22)20(14-17)29(26,27)24-8-3-4-9-24/h5-6,11-14H,3-4,7-10H2,1-2H3,(H,23,25). The Balaban J connectivity index is 1.62. The van der Waals surface area contributed by atoms with Crippen LogP contribution in [0.1, 0.15) is 30.4 Å². The molecule has 1 amide bonds. The number of halogens is 1. The van der Waals surface area contributed by atoms with Gasteiger partial charge in [0.05, 0.1) is 18.1 Å². The molecule has 3 rings (SSSR count). The zero-order chi connectivity index (χ0) is 21.0. The zero-order valence-corrected chi connectivity index (χ0v) is 18.1. The van der Waals surface area contributed by atoms with Gasteiger partial charge in [-0.1, -0.05) is 17.7 Å². The molecule has 6 nitrogen and oxygen atoms in total. The number of aryl methyl sites for hydroxylation is 2. The van der Waals surface area contributed by atoms with Crippen molar-refractivity contribution in [1.29, 1.82) is 0 Å². The van der Waals surface area contributed by atoms with Crippen molar-refractivity contribution in [2.24, 2.45) is 0 Å². The summed E-state index contributed by atoms with van der Waals surface area (Å²) in [5, 5.41) is 2.87. The van der Waals surface area contributed by atoms with Gasteiger partial charge in [-0.25, -0.2) is 8.42 Å². The highest BCUT2D eigenvalue weighted by molar-refractivity contribution is 7.89. The fourth-order valence-corrected chi connectivity index (χ4v) is 5.37. The molecule has 1 N–H and O–H groups in total. The lowest BCUT2D eigenvalue weighted by Crippen LogP contribution is -2.28. The van der Waals surface area contributed by atoms with Gasteiger partial charge in [-0.3, -0.25) is 4.79 Å². The van der Waals surface area contributed by atoms with E-state index in [0.717, 1.165) is 29.7 Å². The Bertz CT molecular complexity index is 981. The molecule has 0 aliphatic carbocycles. The van der Waals surface area contributed by atoms with Crippen molar-refractivity contribution in [2.45, 2.75) is 38.0 Å². The van der Waals surface area contributed by atoms with Crippen molar-refractivity contribution in [3.63, 3.8) is 0 Å². The molecule has 1 aliphatic rings. The molecule has 0 aromatic heterocycles. The van der Waals surface area contributed by atoms with E-state index in [2.05, 4.69) is 5.32 Å². The number of sulfonamides is 1. The van der Waals surface area contributed by atoms with E-state index in [9.17, 15) is 13.2 Å². The third-order valence-corrected chi connectivity index (χ3v) is 7.07. The molecule has 29 heavy (non-hydrogen) atoms. The van der Waals surface area contributed by atoms with E-state index in [1.54, 1.807) is 6.07 Å². The first-order chi connectivity index (χ1) is 13.8. The van der Waals surface area contributed by atoms with Crippen molar-refractivity contribution in [2.75, 3.05) is 25.0 Å². The van der Waals surface area contributed by atoms with Gasteiger partial charge in [-0.2, -0.15) is 4.31 Å². The number of nitrogens with zero attached hydrogens (tertiary/aromatic N) is 1. The number of rotatable bonds is 7. The minimum absolute atomic E-state index is 0.0188. The monoisotopic (exact) mass is 436 g/mol. The Labute approximate surface area is 176 Å². The van der Waals surface area contributed by atoms with Gasteiger partial charge in [0.1, 0.15) is 10.6 Å². The average Bonchev–Trinajstić information content (AvgIpc) is 3.18. The summed E-state index contributed by atoms with van der Waals surface area (Å²) >= 11 is 6.13. The topological polar surface area (TPSA) is 75.7 Å². The Kier molecular flexibility index (Phi) is 6.82. The maximum atomic E-state index is 12.8. The number of amides is 1. The van der Waals surface area contributed by atoms with Gasteiger partial charge in [-0.05, 0) is 68.1 Å². The van der Waals surface area contributed by atoms with Gasteiger partial charge in [0.15, 0.2) is 0 Å². The molecule has 1 fully saturated rings. The lowest BCUT2D eigenvalue weighted by Gasteiger charge is -2.17. The average molecular weight is 437 g/mol. The van der Waals surface area contributed by atoms with E-state index in [1.807, 2.05) is 32.0 Å². The molecule has 1 saturated heterocycles. The lowest BCUT2D eigenvalue weighted by atomic mass is 10.1. The second kappa shape index (κ2) is 9.15. The number of anilines is 1. The van der Waals surface area contributed by atoms with Crippen molar-refractivity contribution >= 4 is 33.2 Å². The van der Waals surface area contributed by atoms with E-state index in [0.29, 0.717) is 18.8 Å². The number of carbonyl (C=O) groups excluding carboxylic acids is 1. The third kappa shape index (κ3) is 5.50. The van der Waals surface area contributed by atoms with E-state index in [1.165, 1.54) is 16.4 Å². The van der Waals surface area contributed by atoms with E-state index < -0.39 is 10.0 Å². The van der Waals surface area contributed by atoms with Crippen LogP contribution in [0.4, 0.5) is 5.69 Å². The molecule has 0 spiro atoms. The summed E-state index contributed by atoms with van der Waals surface area (Å²) in [5.41, 5.74) is 2.58. The Morgan fingerprint density at radius 2 is 1.76 bits per heavy atom. The Morgan fingerprint density at radius 1 is 1.10 bits per heavy atom. The SMILES string of the molecule is Cc1cc(C)cc(OCCC(=O)Nc2ccc(Cl)c(S(=O)(=O)N3CCCC3)c2)c1. The van der Waals surface area contributed by atoms with Crippen LogP contribution in [-0.4, -0.2) is 38.3 Å². The van der Waals surface area contributed by atoms with Crippen molar-refractivity contribution in [3.05, 3.63) is 52.5 Å². The summed E-state index contributed by atoms with van der Waals surface area (Å²) in [6.45, 7) is 5.18. The predicted molar refractivity (Wildman–Crippen MR) is 114 cm³/mol. The molecule has 1 aliphatic heterocycles. The second-order valence-corrected chi connectivity index (χ2v) is 9.54. The summed E-state index contributed by atoms with van der Waals surface area (Å²) in [5.74, 6) is 0.460. The molecule has 1 heterocycles. The van der Waals surface area contributed by atoms with Gasteiger partial charge < -0.3 is 10.1 Å². The second-order valence-electron chi connectivity index (χ2n) is 7.23. The predicted octanol–water partition coefficient (Wildman–Crippen LogP) is 4.15. The molecule has 0 atom stereocenters. The van der Waals surface area contributed by atoms with E-state index >= 15 is 0 Å². The molecule has 0 unspecified atom stereocenters. The van der Waals surface area contributed by atoms with Crippen LogP contribution in [-0.2, 0) is 14.8 Å². The summed E-state index contributed by atoms with van der Waals surface area (Å²) in [6.07, 6.45) is 1.82. The van der Waals surface area contributed by atoms with Crippen LogP contribution >= 0.6 is 11.6 Å². The van der Waals surface area contributed by atoms with Crippen LogP contribution < -0.4 is 10.1 Å². The van der Waals surface area contributed by atoms with E-state index in [4.69, 9.17) is 16.3 Å². The molecular weight excluding hydrogens is 412 g/mol. The van der Waals surface area contributed by atoms with Crippen molar-refractivity contribution < 1.29 is 17.9 Å². The number of hydrogen-bond donors (Lipinski definition) is 1. The van der Waals surface area contributed by atoms with Crippen LogP contribution in [0.15, 0.2) is 41.3 Å². The number of carbonyl (C=O) groups is 1. The van der Waals surface area contributed by atoms with Crippen LogP contribution in [0.25, 0.3) is 0 Å². The smallest absolute Gasteiger partial charge is 0.244 e. The molecule has 156 valence electrons. The first kappa shape index (κ1) is 21.6. The molecule has 8 heteroatoms. The zero-order valence-electron chi connectivity index (χ0n) is 16.6.